The lowest BCUT2D eigenvalue weighted by atomic mass is 10.2. The molecule has 0 radical (unpaired) electrons. The molecule has 2 N–H and O–H groups in total. The average Bonchev–Trinajstić information content (AvgIpc) is 2.32. The van der Waals surface area contributed by atoms with Gasteiger partial charge in [-0.05, 0) is 46.6 Å². The summed E-state index contributed by atoms with van der Waals surface area (Å²) in [5.74, 6) is -0.104. The summed E-state index contributed by atoms with van der Waals surface area (Å²) in [5.41, 5.74) is 1.77. The fourth-order valence-corrected chi connectivity index (χ4v) is 1.99. The van der Waals surface area contributed by atoms with E-state index in [0.29, 0.717) is 5.56 Å². The van der Waals surface area contributed by atoms with Crippen LogP contribution in [0.1, 0.15) is 17.3 Å². The molecular formula is C13H13BrN2O. The highest BCUT2D eigenvalue weighted by atomic mass is 79.9. The summed E-state index contributed by atoms with van der Waals surface area (Å²) in [5, 5.41) is 5.98. The molecule has 1 unspecified atom stereocenters. The Hall–Kier alpha value is -1.55. The standard InChI is InChI=1S/C13H13BrN2O/c1-9-6-7-12(15-8-9)16-13(17)10-4-2-3-5-11(10)14/h2-8,12,15H,1H3,(H,16,17). The van der Waals surface area contributed by atoms with Crippen LogP contribution in [0.3, 0.4) is 0 Å². The number of nitrogens with one attached hydrogen (secondary N) is 2. The van der Waals surface area contributed by atoms with Crippen LogP contribution in [0.15, 0.2) is 52.7 Å². The van der Waals surface area contributed by atoms with Crippen LogP contribution in [-0.2, 0) is 0 Å². The van der Waals surface area contributed by atoms with Gasteiger partial charge in [0.25, 0.3) is 5.91 Å². The molecule has 1 aliphatic rings. The molecule has 3 nitrogen and oxygen atoms in total. The van der Waals surface area contributed by atoms with Crippen LogP contribution in [0.2, 0.25) is 0 Å². The van der Waals surface area contributed by atoms with Crippen molar-refractivity contribution < 1.29 is 4.79 Å². The molecule has 1 heterocycles. The van der Waals surface area contributed by atoms with Gasteiger partial charge in [-0.15, -0.1) is 0 Å². The summed E-state index contributed by atoms with van der Waals surface area (Å²) in [6.07, 6.45) is 5.62. The fourth-order valence-electron chi connectivity index (χ4n) is 1.53. The van der Waals surface area contributed by atoms with E-state index in [1.807, 2.05) is 43.5 Å². The maximum atomic E-state index is 12.0. The van der Waals surface area contributed by atoms with Gasteiger partial charge in [0.15, 0.2) is 0 Å². The van der Waals surface area contributed by atoms with Crippen molar-refractivity contribution in [1.29, 1.82) is 0 Å². The molecule has 0 spiro atoms. The van der Waals surface area contributed by atoms with Crippen molar-refractivity contribution >= 4 is 21.8 Å². The number of allylic oxidation sites excluding steroid dienone is 2. The van der Waals surface area contributed by atoms with E-state index in [2.05, 4.69) is 26.6 Å². The Labute approximate surface area is 109 Å². The molecular weight excluding hydrogens is 280 g/mol. The first-order chi connectivity index (χ1) is 8.16. The topological polar surface area (TPSA) is 41.1 Å². The lowest BCUT2D eigenvalue weighted by Crippen LogP contribution is -2.42. The molecule has 1 aromatic rings. The molecule has 2 rings (SSSR count). The molecule has 0 aromatic heterocycles. The van der Waals surface area contributed by atoms with E-state index in [-0.39, 0.29) is 12.1 Å². The minimum atomic E-state index is -0.154. The molecule has 88 valence electrons. The number of rotatable bonds is 2. The van der Waals surface area contributed by atoms with Crippen LogP contribution < -0.4 is 10.6 Å². The molecule has 0 bridgehead atoms. The Morgan fingerprint density at radius 1 is 1.41 bits per heavy atom. The smallest absolute Gasteiger partial charge is 0.254 e. The number of hydrogen-bond acceptors (Lipinski definition) is 2. The van der Waals surface area contributed by atoms with Gasteiger partial charge in [0.05, 0.1) is 5.56 Å². The second-order valence-electron chi connectivity index (χ2n) is 3.85. The van der Waals surface area contributed by atoms with Crippen LogP contribution in [0.5, 0.6) is 0 Å². The zero-order valence-corrected chi connectivity index (χ0v) is 11.0. The first-order valence-corrected chi connectivity index (χ1v) is 6.12. The summed E-state index contributed by atoms with van der Waals surface area (Å²) in [4.78, 5) is 12.0. The Morgan fingerprint density at radius 3 is 2.82 bits per heavy atom. The molecule has 0 saturated heterocycles. The maximum Gasteiger partial charge on any atom is 0.254 e. The Balaban J connectivity index is 2.04. The number of dihydropyridines is 1. The third-order valence-corrected chi connectivity index (χ3v) is 3.14. The monoisotopic (exact) mass is 292 g/mol. The molecule has 0 saturated carbocycles. The lowest BCUT2D eigenvalue weighted by Gasteiger charge is -2.19. The number of carbonyl (C=O) groups is 1. The maximum absolute atomic E-state index is 12.0. The zero-order valence-electron chi connectivity index (χ0n) is 9.41. The first kappa shape index (κ1) is 11.9. The first-order valence-electron chi connectivity index (χ1n) is 5.33. The quantitative estimate of drug-likeness (QED) is 0.880. The Bertz CT molecular complexity index is 494. The van der Waals surface area contributed by atoms with Crippen molar-refractivity contribution in [2.45, 2.75) is 13.1 Å². The summed E-state index contributed by atoms with van der Waals surface area (Å²) >= 11 is 3.36. The van der Waals surface area contributed by atoms with Gasteiger partial charge in [-0.3, -0.25) is 4.79 Å². The van der Waals surface area contributed by atoms with Crippen molar-refractivity contribution in [3.8, 4) is 0 Å². The molecule has 0 fully saturated rings. The fraction of sp³-hybridized carbons (Fsp3) is 0.154. The van der Waals surface area contributed by atoms with E-state index < -0.39 is 0 Å². The Morgan fingerprint density at radius 2 is 2.18 bits per heavy atom. The molecule has 0 aliphatic carbocycles. The SMILES string of the molecule is CC1=CNC(NC(=O)c2ccccc2Br)C=C1. The van der Waals surface area contributed by atoms with Crippen LogP contribution in [0, 0.1) is 0 Å². The molecule has 1 atom stereocenters. The Kier molecular flexibility index (Phi) is 3.64. The second kappa shape index (κ2) is 5.19. The minimum Gasteiger partial charge on any atom is -0.368 e. The number of amides is 1. The van der Waals surface area contributed by atoms with Gasteiger partial charge < -0.3 is 10.6 Å². The second-order valence-corrected chi connectivity index (χ2v) is 4.70. The van der Waals surface area contributed by atoms with Crippen molar-refractivity contribution in [1.82, 2.24) is 10.6 Å². The van der Waals surface area contributed by atoms with Crippen molar-refractivity contribution in [2.24, 2.45) is 0 Å². The van der Waals surface area contributed by atoms with Gasteiger partial charge in [0, 0.05) is 10.7 Å². The van der Waals surface area contributed by atoms with Gasteiger partial charge >= 0.3 is 0 Å². The normalized spacial score (nSPS) is 18.2. The van der Waals surface area contributed by atoms with Gasteiger partial charge in [0.2, 0.25) is 0 Å². The van der Waals surface area contributed by atoms with E-state index in [0.717, 1.165) is 10.0 Å². The lowest BCUT2D eigenvalue weighted by molar-refractivity contribution is 0.0940. The van der Waals surface area contributed by atoms with E-state index >= 15 is 0 Å². The predicted octanol–water partition coefficient (Wildman–Crippen LogP) is 2.57. The highest BCUT2D eigenvalue weighted by Gasteiger charge is 2.13. The van der Waals surface area contributed by atoms with Crippen molar-refractivity contribution in [3.63, 3.8) is 0 Å². The van der Waals surface area contributed by atoms with Crippen LogP contribution >= 0.6 is 15.9 Å². The number of halogens is 1. The summed E-state index contributed by atoms with van der Waals surface area (Å²) in [7, 11) is 0. The summed E-state index contributed by atoms with van der Waals surface area (Å²) < 4.78 is 0.795. The summed E-state index contributed by atoms with van der Waals surface area (Å²) in [6, 6.07) is 7.36. The molecule has 1 aromatic carbocycles. The van der Waals surface area contributed by atoms with Gasteiger partial charge in [-0.1, -0.05) is 18.2 Å². The third kappa shape index (κ3) is 2.97. The highest BCUT2D eigenvalue weighted by Crippen LogP contribution is 2.15. The van der Waals surface area contributed by atoms with Crippen LogP contribution in [0.25, 0.3) is 0 Å². The van der Waals surface area contributed by atoms with Gasteiger partial charge in [-0.2, -0.15) is 0 Å². The van der Waals surface area contributed by atoms with E-state index in [4.69, 9.17) is 0 Å². The average molecular weight is 293 g/mol. The van der Waals surface area contributed by atoms with Gasteiger partial charge in [-0.25, -0.2) is 0 Å². The van der Waals surface area contributed by atoms with Crippen LogP contribution in [-0.4, -0.2) is 12.1 Å². The number of hydrogen-bond donors (Lipinski definition) is 2. The van der Waals surface area contributed by atoms with E-state index in [9.17, 15) is 4.79 Å². The number of benzene rings is 1. The van der Waals surface area contributed by atoms with Crippen molar-refractivity contribution in [2.75, 3.05) is 0 Å². The number of carbonyl (C=O) groups excluding carboxylic acids is 1. The molecule has 4 heteroatoms. The predicted molar refractivity (Wildman–Crippen MR) is 71.4 cm³/mol. The largest absolute Gasteiger partial charge is 0.368 e. The molecule has 17 heavy (non-hydrogen) atoms. The van der Waals surface area contributed by atoms with E-state index in [1.54, 1.807) is 6.07 Å². The van der Waals surface area contributed by atoms with Crippen LogP contribution in [0.4, 0.5) is 0 Å². The van der Waals surface area contributed by atoms with Gasteiger partial charge in [0.1, 0.15) is 6.17 Å². The molecule has 1 aliphatic heterocycles. The highest BCUT2D eigenvalue weighted by molar-refractivity contribution is 9.10. The molecule has 1 amide bonds. The minimum absolute atomic E-state index is 0.104. The zero-order chi connectivity index (χ0) is 12.3. The van der Waals surface area contributed by atoms with E-state index in [1.165, 1.54) is 0 Å². The third-order valence-electron chi connectivity index (χ3n) is 2.45. The van der Waals surface area contributed by atoms with Crippen molar-refractivity contribution in [3.05, 3.63) is 58.2 Å². The summed E-state index contributed by atoms with van der Waals surface area (Å²) in [6.45, 7) is 2.00.